The maximum Gasteiger partial charge on any atom is 0.184 e. The summed E-state index contributed by atoms with van der Waals surface area (Å²) in [5.41, 5.74) is 0.537. The molecule has 0 aromatic heterocycles. The van der Waals surface area contributed by atoms with Crippen molar-refractivity contribution in [1.82, 2.24) is 0 Å². The monoisotopic (exact) mass is 282 g/mol. The summed E-state index contributed by atoms with van der Waals surface area (Å²) in [5.74, 6) is -0.258. The van der Waals surface area contributed by atoms with Crippen LogP contribution in [-0.2, 0) is 25.6 Å². The number of benzene rings is 1. The molecule has 5 atom stereocenters. The number of hydrogen-bond donors (Lipinski definition) is 0. The molecule has 3 rings (SSSR count). The van der Waals surface area contributed by atoms with Crippen LogP contribution >= 0.6 is 0 Å². The molecule has 0 aliphatic carbocycles. The molecule has 2 saturated heterocycles. The topological polar surface area (TPSA) is 36.9 Å². The second-order valence-corrected chi connectivity index (χ2v) is 5.26. The van der Waals surface area contributed by atoms with Crippen molar-refractivity contribution < 1.29 is 23.3 Å². The van der Waals surface area contributed by atoms with Gasteiger partial charge in [0.05, 0.1) is 18.8 Å². The quantitative estimate of drug-likeness (QED) is 0.849. The molecule has 0 radical (unpaired) electrons. The van der Waals surface area contributed by atoms with Crippen LogP contribution in [0.25, 0.3) is 0 Å². The van der Waals surface area contributed by atoms with Crippen molar-refractivity contribution in [2.45, 2.75) is 50.7 Å². The van der Waals surface area contributed by atoms with Gasteiger partial charge in [0.1, 0.15) is 18.0 Å². The molecule has 2 heterocycles. The van der Waals surface area contributed by atoms with Crippen LogP contribution in [-0.4, -0.2) is 37.8 Å². The normalized spacial score (nSPS) is 36.2. The second-order valence-electron chi connectivity index (χ2n) is 5.26. The average Bonchev–Trinajstić information content (AvgIpc) is 2.78. The molecular formula is C15H19FO4. The van der Waals surface area contributed by atoms with Gasteiger partial charge in [0, 0.05) is 19.1 Å². The molecule has 2 aliphatic heterocycles. The molecule has 2 bridgehead atoms. The van der Waals surface area contributed by atoms with Crippen molar-refractivity contribution in [3.8, 4) is 0 Å². The van der Waals surface area contributed by atoms with Crippen LogP contribution in [0.5, 0.6) is 0 Å². The predicted octanol–water partition coefficient (Wildman–Crippen LogP) is 2.26. The summed E-state index contributed by atoms with van der Waals surface area (Å²) in [6, 6.07) is 6.60. The van der Waals surface area contributed by atoms with E-state index in [4.69, 9.17) is 18.9 Å². The third-order valence-electron chi connectivity index (χ3n) is 3.95. The Morgan fingerprint density at radius 2 is 2.05 bits per heavy atom. The van der Waals surface area contributed by atoms with Crippen LogP contribution in [0.2, 0.25) is 0 Å². The van der Waals surface area contributed by atoms with Crippen molar-refractivity contribution in [3.05, 3.63) is 35.6 Å². The molecule has 4 nitrogen and oxygen atoms in total. The zero-order valence-corrected chi connectivity index (χ0v) is 11.6. The molecule has 5 heteroatoms. The Hall–Kier alpha value is -1.01. The Labute approximate surface area is 117 Å². The van der Waals surface area contributed by atoms with E-state index in [9.17, 15) is 4.39 Å². The highest BCUT2D eigenvalue weighted by atomic mass is 19.1. The zero-order valence-electron chi connectivity index (χ0n) is 11.6. The smallest absolute Gasteiger partial charge is 0.184 e. The van der Waals surface area contributed by atoms with Gasteiger partial charge >= 0.3 is 0 Å². The number of ether oxygens (including phenoxy) is 4. The minimum absolute atomic E-state index is 0.00740. The predicted molar refractivity (Wildman–Crippen MR) is 69.6 cm³/mol. The van der Waals surface area contributed by atoms with Crippen molar-refractivity contribution in [3.63, 3.8) is 0 Å². The zero-order chi connectivity index (χ0) is 14.1. The van der Waals surface area contributed by atoms with E-state index in [0.717, 1.165) is 0 Å². The fourth-order valence-corrected chi connectivity index (χ4v) is 2.82. The fourth-order valence-electron chi connectivity index (χ4n) is 2.82. The molecule has 1 aromatic carbocycles. The van der Waals surface area contributed by atoms with Crippen molar-refractivity contribution >= 4 is 0 Å². The van der Waals surface area contributed by atoms with Gasteiger partial charge < -0.3 is 18.9 Å². The summed E-state index contributed by atoms with van der Waals surface area (Å²) in [7, 11) is 1.66. The average molecular weight is 282 g/mol. The van der Waals surface area contributed by atoms with Crippen LogP contribution in [0.15, 0.2) is 24.3 Å². The van der Waals surface area contributed by atoms with Crippen LogP contribution in [0.4, 0.5) is 4.39 Å². The highest BCUT2D eigenvalue weighted by Gasteiger charge is 2.48. The van der Waals surface area contributed by atoms with E-state index in [1.54, 1.807) is 25.3 Å². The minimum atomic E-state index is -0.381. The van der Waals surface area contributed by atoms with Gasteiger partial charge in [-0.2, -0.15) is 0 Å². The van der Waals surface area contributed by atoms with Gasteiger partial charge in [0.15, 0.2) is 6.29 Å². The Morgan fingerprint density at radius 3 is 2.80 bits per heavy atom. The Bertz CT molecular complexity index is 467. The molecule has 1 aromatic rings. The number of halogens is 1. The molecule has 0 amide bonds. The molecule has 2 aliphatic rings. The van der Waals surface area contributed by atoms with E-state index < -0.39 is 0 Å². The molecule has 110 valence electrons. The van der Waals surface area contributed by atoms with Crippen LogP contribution in [0.3, 0.4) is 0 Å². The van der Waals surface area contributed by atoms with Gasteiger partial charge in [0.25, 0.3) is 0 Å². The Balaban J connectivity index is 1.64. The van der Waals surface area contributed by atoms with Gasteiger partial charge in [-0.25, -0.2) is 4.39 Å². The van der Waals surface area contributed by atoms with Crippen molar-refractivity contribution in [1.29, 1.82) is 0 Å². The first-order valence-corrected chi connectivity index (χ1v) is 6.87. The van der Waals surface area contributed by atoms with E-state index in [0.29, 0.717) is 12.0 Å². The highest BCUT2D eigenvalue weighted by Crippen LogP contribution is 2.35. The second kappa shape index (κ2) is 5.77. The van der Waals surface area contributed by atoms with Gasteiger partial charge in [-0.3, -0.25) is 0 Å². The summed E-state index contributed by atoms with van der Waals surface area (Å²) < 4.78 is 36.3. The molecule has 0 unspecified atom stereocenters. The Morgan fingerprint density at radius 1 is 1.25 bits per heavy atom. The number of hydrogen-bond acceptors (Lipinski definition) is 4. The van der Waals surface area contributed by atoms with Crippen LogP contribution in [0.1, 0.15) is 18.9 Å². The third-order valence-corrected chi connectivity index (χ3v) is 3.95. The standard InChI is InChI=1S/C15H19FO4/c1-9-14-12(17-2)7-13(15(19-9)20-14)18-8-10-5-3-4-6-11(10)16/h3-6,9,12-15H,7-8H2,1-2H3/t9-,12-,13+,14+,15+/m1/s1. The first-order chi connectivity index (χ1) is 9.69. The lowest BCUT2D eigenvalue weighted by Crippen LogP contribution is -2.44. The minimum Gasteiger partial charge on any atom is -0.379 e. The lowest BCUT2D eigenvalue weighted by molar-refractivity contribution is -0.206. The van der Waals surface area contributed by atoms with E-state index >= 15 is 0 Å². The van der Waals surface area contributed by atoms with E-state index in [1.807, 2.05) is 6.92 Å². The molecule has 0 spiro atoms. The van der Waals surface area contributed by atoms with Crippen LogP contribution < -0.4 is 0 Å². The SMILES string of the molecule is CO[C@@H]1C[C@H](OCc2ccccc2F)[C@@H]2O[C@H]1[C@@H](C)O2. The first-order valence-electron chi connectivity index (χ1n) is 6.87. The fraction of sp³-hybridized carbons (Fsp3) is 0.600. The molecule has 2 fully saturated rings. The first kappa shape index (κ1) is 13.9. The van der Waals surface area contributed by atoms with E-state index in [2.05, 4.69) is 0 Å². The van der Waals surface area contributed by atoms with Gasteiger partial charge in [-0.1, -0.05) is 18.2 Å². The number of methoxy groups -OCH3 is 1. The van der Waals surface area contributed by atoms with Gasteiger partial charge in [-0.05, 0) is 13.0 Å². The molecule has 20 heavy (non-hydrogen) atoms. The maximum absolute atomic E-state index is 13.6. The maximum atomic E-state index is 13.6. The summed E-state index contributed by atoms with van der Waals surface area (Å²) in [5, 5.41) is 0. The van der Waals surface area contributed by atoms with E-state index in [1.165, 1.54) is 6.07 Å². The van der Waals surface area contributed by atoms with Gasteiger partial charge in [0.2, 0.25) is 0 Å². The lowest BCUT2D eigenvalue weighted by atomic mass is 10.0. The lowest BCUT2D eigenvalue weighted by Gasteiger charge is -2.33. The Kier molecular flexibility index (Phi) is 4.03. The molecule has 0 N–H and O–H groups in total. The summed E-state index contributed by atoms with van der Waals surface area (Å²) >= 11 is 0. The van der Waals surface area contributed by atoms with Gasteiger partial charge in [-0.15, -0.1) is 0 Å². The molecule has 0 saturated carbocycles. The molecular weight excluding hydrogens is 263 g/mol. The number of rotatable bonds is 4. The van der Waals surface area contributed by atoms with E-state index in [-0.39, 0.29) is 43.1 Å². The number of fused-ring (bicyclic) bond motifs is 2. The summed E-state index contributed by atoms with van der Waals surface area (Å²) in [6.07, 6.45) is -0.0152. The summed E-state index contributed by atoms with van der Waals surface area (Å²) in [4.78, 5) is 0. The largest absolute Gasteiger partial charge is 0.379 e. The highest BCUT2D eigenvalue weighted by molar-refractivity contribution is 5.16. The van der Waals surface area contributed by atoms with Crippen molar-refractivity contribution in [2.75, 3.05) is 7.11 Å². The third kappa shape index (κ3) is 2.59. The van der Waals surface area contributed by atoms with Crippen LogP contribution in [0, 0.1) is 5.82 Å². The summed E-state index contributed by atoms with van der Waals surface area (Å²) in [6.45, 7) is 2.17. The van der Waals surface area contributed by atoms with Crippen molar-refractivity contribution in [2.24, 2.45) is 0 Å².